The lowest BCUT2D eigenvalue weighted by atomic mass is 9.92. The summed E-state index contributed by atoms with van der Waals surface area (Å²) in [6.45, 7) is 2.08. The summed E-state index contributed by atoms with van der Waals surface area (Å²) in [5.41, 5.74) is 2.48. The summed E-state index contributed by atoms with van der Waals surface area (Å²) >= 11 is 12.8. The molecule has 0 spiro atoms. The molecular formula is C15H20Cl2. The molecule has 1 aliphatic rings. The molecule has 0 aromatic heterocycles. The Hall–Kier alpha value is -0.200. The molecule has 2 unspecified atom stereocenters. The summed E-state index contributed by atoms with van der Waals surface area (Å²) in [5, 5.41) is 1.23. The topological polar surface area (TPSA) is 0 Å². The smallest absolute Gasteiger partial charge is 0.0440 e. The van der Waals surface area contributed by atoms with E-state index >= 15 is 0 Å². The minimum absolute atomic E-state index is 0.329. The molecule has 0 heterocycles. The molecule has 0 bridgehead atoms. The quantitative estimate of drug-likeness (QED) is 0.500. The number of benzene rings is 1. The molecule has 0 radical (unpaired) electrons. The first-order valence-electron chi connectivity index (χ1n) is 6.56. The normalized spacial score (nSPS) is 25.6. The Bertz CT molecular complexity index is 373. The fourth-order valence-corrected chi connectivity index (χ4v) is 3.35. The molecule has 0 aliphatic heterocycles. The van der Waals surface area contributed by atoms with Crippen molar-refractivity contribution in [1.29, 1.82) is 0 Å². The van der Waals surface area contributed by atoms with Gasteiger partial charge in [0.05, 0.1) is 0 Å². The standard InChI is InChI=1S/C15H20Cl2/c1-11-7-8-13(15(17)9-11)10-12-5-3-2-4-6-14(12)16/h7-9,12,14H,2-6,10H2,1H3. The molecule has 1 aromatic carbocycles. The maximum Gasteiger partial charge on any atom is 0.0440 e. The van der Waals surface area contributed by atoms with Crippen LogP contribution in [0.2, 0.25) is 5.02 Å². The Kier molecular flexibility index (Phi) is 4.76. The first-order chi connectivity index (χ1) is 8.16. The van der Waals surface area contributed by atoms with Gasteiger partial charge in [-0.25, -0.2) is 0 Å². The number of alkyl halides is 1. The lowest BCUT2D eigenvalue weighted by Gasteiger charge is -2.20. The molecule has 0 saturated heterocycles. The number of halogens is 2. The molecule has 1 fully saturated rings. The van der Waals surface area contributed by atoms with Crippen LogP contribution in [-0.2, 0) is 6.42 Å². The van der Waals surface area contributed by atoms with Gasteiger partial charge < -0.3 is 0 Å². The average molecular weight is 271 g/mol. The van der Waals surface area contributed by atoms with Crippen molar-refractivity contribution in [2.75, 3.05) is 0 Å². The molecule has 0 N–H and O–H groups in total. The van der Waals surface area contributed by atoms with Gasteiger partial charge in [-0.2, -0.15) is 0 Å². The number of hydrogen-bond donors (Lipinski definition) is 0. The zero-order valence-corrected chi connectivity index (χ0v) is 11.9. The summed E-state index contributed by atoms with van der Waals surface area (Å²) in [7, 11) is 0. The molecule has 1 saturated carbocycles. The Balaban J connectivity index is 2.08. The van der Waals surface area contributed by atoms with E-state index in [1.165, 1.54) is 36.8 Å². The predicted molar refractivity (Wildman–Crippen MR) is 76.1 cm³/mol. The van der Waals surface area contributed by atoms with Crippen LogP contribution >= 0.6 is 23.2 Å². The molecule has 2 atom stereocenters. The summed E-state index contributed by atoms with van der Waals surface area (Å²) in [4.78, 5) is 0. The van der Waals surface area contributed by atoms with Crippen LogP contribution in [-0.4, -0.2) is 5.38 Å². The van der Waals surface area contributed by atoms with Gasteiger partial charge in [0.15, 0.2) is 0 Å². The van der Waals surface area contributed by atoms with Gasteiger partial charge in [-0.15, -0.1) is 11.6 Å². The molecular weight excluding hydrogens is 251 g/mol. The van der Waals surface area contributed by atoms with E-state index < -0.39 is 0 Å². The van der Waals surface area contributed by atoms with Crippen LogP contribution in [0.25, 0.3) is 0 Å². The van der Waals surface area contributed by atoms with Crippen molar-refractivity contribution in [3.05, 3.63) is 34.3 Å². The Morgan fingerprint density at radius 2 is 1.94 bits per heavy atom. The van der Waals surface area contributed by atoms with Crippen LogP contribution in [0.15, 0.2) is 18.2 Å². The fourth-order valence-electron chi connectivity index (χ4n) is 2.67. The van der Waals surface area contributed by atoms with E-state index in [4.69, 9.17) is 23.2 Å². The van der Waals surface area contributed by atoms with Crippen LogP contribution in [0.1, 0.15) is 43.2 Å². The second-order valence-electron chi connectivity index (χ2n) is 5.21. The molecule has 2 rings (SSSR count). The van der Waals surface area contributed by atoms with Crippen LogP contribution in [0, 0.1) is 12.8 Å². The summed E-state index contributed by atoms with van der Waals surface area (Å²) in [6, 6.07) is 6.35. The highest BCUT2D eigenvalue weighted by Gasteiger charge is 2.22. The molecule has 0 amide bonds. The van der Waals surface area contributed by atoms with E-state index in [0.29, 0.717) is 11.3 Å². The molecule has 2 heteroatoms. The minimum atomic E-state index is 0.329. The van der Waals surface area contributed by atoms with Crippen molar-refractivity contribution in [2.24, 2.45) is 5.92 Å². The van der Waals surface area contributed by atoms with E-state index in [0.717, 1.165) is 17.9 Å². The van der Waals surface area contributed by atoms with Crippen LogP contribution < -0.4 is 0 Å². The highest BCUT2D eigenvalue weighted by atomic mass is 35.5. The van der Waals surface area contributed by atoms with Gasteiger partial charge in [0, 0.05) is 10.4 Å². The molecule has 94 valence electrons. The highest BCUT2D eigenvalue weighted by molar-refractivity contribution is 6.31. The number of rotatable bonds is 2. The van der Waals surface area contributed by atoms with Crippen LogP contribution in [0.3, 0.4) is 0 Å². The highest BCUT2D eigenvalue weighted by Crippen LogP contribution is 2.32. The van der Waals surface area contributed by atoms with Crippen molar-refractivity contribution in [1.82, 2.24) is 0 Å². The summed E-state index contributed by atoms with van der Waals surface area (Å²) < 4.78 is 0. The van der Waals surface area contributed by atoms with Crippen molar-refractivity contribution in [2.45, 2.75) is 50.8 Å². The van der Waals surface area contributed by atoms with Crippen LogP contribution in [0.4, 0.5) is 0 Å². The van der Waals surface area contributed by atoms with Gasteiger partial charge in [0.2, 0.25) is 0 Å². The van der Waals surface area contributed by atoms with Crippen molar-refractivity contribution < 1.29 is 0 Å². The minimum Gasteiger partial charge on any atom is -0.123 e. The average Bonchev–Trinajstić information content (AvgIpc) is 2.48. The largest absolute Gasteiger partial charge is 0.123 e. The van der Waals surface area contributed by atoms with Gasteiger partial charge in [-0.3, -0.25) is 0 Å². The Morgan fingerprint density at radius 1 is 1.18 bits per heavy atom. The van der Waals surface area contributed by atoms with Gasteiger partial charge in [-0.05, 0) is 49.3 Å². The predicted octanol–water partition coefficient (Wildman–Crippen LogP) is 5.38. The third-order valence-corrected chi connectivity index (χ3v) is 4.68. The lowest BCUT2D eigenvalue weighted by Crippen LogP contribution is -2.16. The third kappa shape index (κ3) is 3.63. The van der Waals surface area contributed by atoms with E-state index in [1.807, 2.05) is 0 Å². The molecule has 1 aliphatic carbocycles. The van der Waals surface area contributed by atoms with Gasteiger partial charge >= 0.3 is 0 Å². The molecule has 1 aromatic rings. The molecule has 0 nitrogen and oxygen atoms in total. The van der Waals surface area contributed by atoms with Gasteiger partial charge in [0.25, 0.3) is 0 Å². The lowest BCUT2D eigenvalue weighted by molar-refractivity contribution is 0.465. The van der Waals surface area contributed by atoms with Gasteiger partial charge in [-0.1, -0.05) is 43.0 Å². The zero-order valence-electron chi connectivity index (χ0n) is 10.4. The summed E-state index contributed by atoms with van der Waals surface area (Å²) in [5.74, 6) is 0.597. The maximum atomic E-state index is 6.48. The Labute approximate surface area is 114 Å². The van der Waals surface area contributed by atoms with Crippen molar-refractivity contribution >= 4 is 23.2 Å². The number of hydrogen-bond acceptors (Lipinski definition) is 0. The summed E-state index contributed by atoms with van der Waals surface area (Å²) in [6.07, 6.45) is 7.38. The van der Waals surface area contributed by atoms with Crippen molar-refractivity contribution in [3.8, 4) is 0 Å². The van der Waals surface area contributed by atoms with Crippen molar-refractivity contribution in [3.63, 3.8) is 0 Å². The number of aryl methyl sites for hydroxylation is 1. The second-order valence-corrected chi connectivity index (χ2v) is 6.18. The van der Waals surface area contributed by atoms with E-state index in [1.54, 1.807) is 0 Å². The SMILES string of the molecule is Cc1ccc(CC2CCCCCC2Cl)c(Cl)c1. The first kappa shape index (κ1) is 13.2. The zero-order chi connectivity index (χ0) is 12.3. The third-order valence-electron chi connectivity index (χ3n) is 3.76. The van der Waals surface area contributed by atoms with E-state index in [9.17, 15) is 0 Å². The van der Waals surface area contributed by atoms with Gasteiger partial charge in [0.1, 0.15) is 0 Å². The maximum absolute atomic E-state index is 6.48. The monoisotopic (exact) mass is 270 g/mol. The second kappa shape index (κ2) is 6.11. The Morgan fingerprint density at radius 3 is 2.71 bits per heavy atom. The fraction of sp³-hybridized carbons (Fsp3) is 0.600. The first-order valence-corrected chi connectivity index (χ1v) is 7.37. The molecule has 17 heavy (non-hydrogen) atoms. The van der Waals surface area contributed by atoms with Crippen LogP contribution in [0.5, 0.6) is 0 Å². The van der Waals surface area contributed by atoms with E-state index in [-0.39, 0.29) is 0 Å². The van der Waals surface area contributed by atoms with E-state index in [2.05, 4.69) is 25.1 Å².